The molecule has 0 aliphatic carbocycles. The Morgan fingerprint density at radius 3 is 2.50 bits per heavy atom. The average molecular weight is 190 g/mol. The van der Waals surface area contributed by atoms with Gasteiger partial charge in [0.2, 0.25) is 5.72 Å². The number of ether oxygens (including phenoxy) is 1. The summed E-state index contributed by atoms with van der Waals surface area (Å²) in [6.45, 7) is 1.46. The molecular weight excluding hydrogens is 180 g/mol. The number of benzene rings is 1. The third kappa shape index (κ3) is 2.57. The topological polar surface area (TPSA) is 76.1 Å². The second kappa shape index (κ2) is 3.90. The van der Waals surface area contributed by atoms with Gasteiger partial charge < -0.3 is 4.74 Å². The molecule has 0 saturated carbocycles. The zero-order chi connectivity index (χ0) is 10.6. The van der Waals surface area contributed by atoms with Crippen LogP contribution < -0.4 is 10.5 Å². The molecule has 2 N–H and O–H groups in total. The van der Waals surface area contributed by atoms with E-state index >= 15 is 0 Å². The molecule has 1 unspecified atom stereocenters. The Morgan fingerprint density at radius 1 is 1.50 bits per heavy atom. The summed E-state index contributed by atoms with van der Waals surface area (Å²) in [6, 6.07) is 8.17. The second-order valence-electron chi connectivity index (χ2n) is 3.01. The van der Waals surface area contributed by atoms with Crippen molar-refractivity contribution < 1.29 is 9.53 Å². The van der Waals surface area contributed by atoms with Crippen LogP contribution in [0.5, 0.6) is 5.75 Å². The minimum absolute atomic E-state index is 0.460. The van der Waals surface area contributed by atoms with Crippen LogP contribution in [-0.4, -0.2) is 12.0 Å². The normalized spacial score (nSPS) is 13.8. The number of nitriles is 1. The van der Waals surface area contributed by atoms with Gasteiger partial charge in [0, 0.05) is 12.5 Å². The van der Waals surface area contributed by atoms with Gasteiger partial charge in [0.05, 0.1) is 0 Å². The monoisotopic (exact) mass is 190 g/mol. The fourth-order valence-electron chi connectivity index (χ4n) is 0.882. The maximum absolute atomic E-state index is 10.3. The highest BCUT2D eigenvalue weighted by Crippen LogP contribution is 2.15. The molecule has 0 fully saturated rings. The molecule has 1 aromatic carbocycles. The minimum Gasteiger partial charge on any atom is -0.460 e. The van der Waals surface area contributed by atoms with Gasteiger partial charge in [-0.1, -0.05) is 0 Å². The number of rotatable bonds is 3. The maximum atomic E-state index is 10.3. The van der Waals surface area contributed by atoms with Crippen molar-refractivity contribution >= 4 is 6.29 Å². The summed E-state index contributed by atoms with van der Waals surface area (Å²) in [6.07, 6.45) is 0.732. The van der Waals surface area contributed by atoms with Crippen LogP contribution in [0, 0.1) is 11.3 Å². The Balaban J connectivity index is 2.80. The number of carbonyl (C=O) groups is 1. The van der Waals surface area contributed by atoms with E-state index in [1.807, 2.05) is 0 Å². The smallest absolute Gasteiger partial charge is 0.243 e. The van der Waals surface area contributed by atoms with Crippen molar-refractivity contribution in [3.05, 3.63) is 29.8 Å². The van der Waals surface area contributed by atoms with Crippen LogP contribution in [0.1, 0.15) is 17.3 Å². The van der Waals surface area contributed by atoms with Gasteiger partial charge in [-0.25, -0.2) is 0 Å². The van der Waals surface area contributed by atoms with Crippen molar-refractivity contribution in [1.29, 1.82) is 5.26 Å². The zero-order valence-corrected chi connectivity index (χ0v) is 7.73. The number of carbonyl (C=O) groups excluding carboxylic acids is 1. The van der Waals surface area contributed by atoms with E-state index in [-0.39, 0.29) is 0 Å². The van der Waals surface area contributed by atoms with Crippen LogP contribution in [0.15, 0.2) is 24.3 Å². The summed E-state index contributed by atoms with van der Waals surface area (Å²) < 4.78 is 5.15. The van der Waals surface area contributed by atoms with Crippen LogP contribution in [-0.2, 0) is 0 Å². The Bertz CT molecular complexity index is 363. The summed E-state index contributed by atoms with van der Waals surface area (Å²) in [4.78, 5) is 10.3. The molecule has 0 amide bonds. The average Bonchev–Trinajstić information content (AvgIpc) is 2.19. The first-order chi connectivity index (χ1) is 6.57. The van der Waals surface area contributed by atoms with Gasteiger partial charge in [-0.2, -0.15) is 5.26 Å². The molecule has 0 aromatic heterocycles. The Kier molecular flexibility index (Phi) is 2.85. The predicted octanol–water partition coefficient (Wildman–Crippen LogP) is 1.08. The summed E-state index contributed by atoms with van der Waals surface area (Å²) in [5.74, 6) is 0.460. The Labute approximate surface area is 81.9 Å². The molecule has 0 aliphatic heterocycles. The Morgan fingerprint density at radius 2 is 2.07 bits per heavy atom. The van der Waals surface area contributed by atoms with Crippen LogP contribution in [0.2, 0.25) is 0 Å². The molecule has 0 heterocycles. The number of aldehydes is 1. The number of hydrogen-bond acceptors (Lipinski definition) is 4. The third-order valence-corrected chi connectivity index (χ3v) is 1.57. The highest BCUT2D eigenvalue weighted by Gasteiger charge is 2.18. The van der Waals surface area contributed by atoms with Crippen molar-refractivity contribution in [3.8, 4) is 11.8 Å². The van der Waals surface area contributed by atoms with E-state index in [9.17, 15) is 4.79 Å². The molecule has 14 heavy (non-hydrogen) atoms. The fourth-order valence-corrected chi connectivity index (χ4v) is 0.882. The van der Waals surface area contributed by atoms with Gasteiger partial charge in [-0.15, -0.1) is 0 Å². The van der Waals surface area contributed by atoms with E-state index in [4.69, 9.17) is 15.7 Å². The van der Waals surface area contributed by atoms with Gasteiger partial charge in [0.15, 0.2) is 0 Å². The van der Waals surface area contributed by atoms with Gasteiger partial charge in [-0.05, 0) is 24.3 Å². The van der Waals surface area contributed by atoms with Crippen molar-refractivity contribution in [1.82, 2.24) is 0 Å². The van der Waals surface area contributed by atoms with Crippen LogP contribution in [0.3, 0.4) is 0 Å². The van der Waals surface area contributed by atoms with E-state index in [0.29, 0.717) is 11.3 Å². The van der Waals surface area contributed by atoms with Gasteiger partial charge in [-0.3, -0.25) is 10.5 Å². The molecule has 0 aliphatic rings. The van der Waals surface area contributed by atoms with Crippen molar-refractivity contribution in [2.75, 3.05) is 0 Å². The predicted molar refractivity (Wildman–Crippen MR) is 50.7 cm³/mol. The quantitative estimate of drug-likeness (QED) is 0.571. The lowest BCUT2D eigenvalue weighted by Crippen LogP contribution is -2.40. The second-order valence-corrected chi connectivity index (χ2v) is 3.01. The fraction of sp³-hybridized carbons (Fsp3) is 0.200. The van der Waals surface area contributed by atoms with Gasteiger partial charge in [0.25, 0.3) is 0 Å². The third-order valence-electron chi connectivity index (χ3n) is 1.57. The molecule has 4 heteroatoms. The summed E-state index contributed by atoms with van der Waals surface area (Å²) in [5, 5.41) is 8.60. The molecule has 0 saturated heterocycles. The van der Waals surface area contributed by atoms with Crippen molar-refractivity contribution in [2.24, 2.45) is 5.73 Å². The van der Waals surface area contributed by atoms with E-state index in [1.54, 1.807) is 30.3 Å². The van der Waals surface area contributed by atoms with Crippen LogP contribution in [0.4, 0.5) is 0 Å². The first-order valence-electron chi connectivity index (χ1n) is 4.02. The lowest BCUT2D eigenvalue weighted by atomic mass is 10.2. The van der Waals surface area contributed by atoms with Crippen LogP contribution in [0.25, 0.3) is 0 Å². The molecule has 1 aromatic rings. The van der Waals surface area contributed by atoms with E-state index in [0.717, 1.165) is 6.29 Å². The molecule has 0 spiro atoms. The first kappa shape index (κ1) is 10.2. The Hall–Kier alpha value is -1.86. The summed E-state index contributed by atoms with van der Waals surface area (Å²) >= 11 is 0. The van der Waals surface area contributed by atoms with E-state index in [2.05, 4.69) is 0 Å². The standard InChI is InChI=1S/C10H10N2O2/c1-10(12,7-11)14-9-4-2-8(6-13)3-5-9/h2-6H,12H2,1H3. The van der Waals surface area contributed by atoms with E-state index < -0.39 is 5.72 Å². The van der Waals surface area contributed by atoms with E-state index in [1.165, 1.54) is 6.92 Å². The largest absolute Gasteiger partial charge is 0.460 e. The molecular formula is C10H10N2O2. The van der Waals surface area contributed by atoms with Gasteiger partial charge >= 0.3 is 0 Å². The van der Waals surface area contributed by atoms with Crippen LogP contribution >= 0.6 is 0 Å². The highest BCUT2D eigenvalue weighted by molar-refractivity contribution is 5.74. The molecule has 1 atom stereocenters. The first-order valence-corrected chi connectivity index (χ1v) is 4.02. The SMILES string of the molecule is CC(N)(C#N)Oc1ccc(C=O)cc1. The molecule has 72 valence electrons. The number of hydrogen-bond donors (Lipinski definition) is 1. The summed E-state index contributed by atoms with van der Waals surface area (Å²) in [5.41, 5.74) is 4.67. The minimum atomic E-state index is -1.34. The summed E-state index contributed by atoms with van der Waals surface area (Å²) in [7, 11) is 0. The highest BCUT2D eigenvalue weighted by atomic mass is 16.5. The molecule has 0 radical (unpaired) electrons. The van der Waals surface area contributed by atoms with Gasteiger partial charge in [0.1, 0.15) is 18.1 Å². The lowest BCUT2D eigenvalue weighted by molar-refractivity contribution is 0.112. The number of nitrogens with two attached hydrogens (primary N) is 1. The van der Waals surface area contributed by atoms with Crippen molar-refractivity contribution in [3.63, 3.8) is 0 Å². The molecule has 1 rings (SSSR count). The maximum Gasteiger partial charge on any atom is 0.243 e. The number of nitrogens with zero attached hydrogens (tertiary/aromatic N) is 1. The lowest BCUT2D eigenvalue weighted by Gasteiger charge is -2.17. The molecule has 0 bridgehead atoms. The zero-order valence-electron chi connectivity index (χ0n) is 7.73. The van der Waals surface area contributed by atoms with Crippen molar-refractivity contribution in [2.45, 2.75) is 12.6 Å². The molecule has 4 nitrogen and oxygen atoms in total.